The monoisotopic (exact) mass is 740 g/mol. The second kappa shape index (κ2) is 14.8. The predicted octanol–water partition coefficient (Wildman–Crippen LogP) is 6.90. The number of aromatic nitrogens is 1. The molecular weight excluding hydrogens is 702 g/mol. The lowest BCUT2D eigenvalue weighted by Gasteiger charge is -2.51. The molecule has 0 aliphatic carbocycles. The Balaban J connectivity index is 1.51. The van der Waals surface area contributed by atoms with E-state index in [1.54, 1.807) is 25.1 Å². The first kappa shape index (κ1) is 38.1. The Morgan fingerprint density at radius 3 is 2.37 bits per heavy atom. The highest BCUT2D eigenvalue weighted by atomic mass is 32.1. The van der Waals surface area contributed by atoms with E-state index < -0.39 is 63.3 Å². The van der Waals surface area contributed by atoms with Crippen LogP contribution in [-0.4, -0.2) is 69.0 Å². The summed E-state index contributed by atoms with van der Waals surface area (Å²) >= 11 is 0.377. The lowest BCUT2D eigenvalue weighted by atomic mass is 9.76. The third-order valence-corrected chi connectivity index (χ3v) is 10.6. The molecule has 9 nitrogen and oxygen atoms in total. The van der Waals surface area contributed by atoms with Gasteiger partial charge in [-0.2, -0.15) is 26.3 Å². The van der Waals surface area contributed by atoms with E-state index in [2.05, 4.69) is 4.98 Å². The van der Waals surface area contributed by atoms with Crippen LogP contribution in [0.3, 0.4) is 0 Å². The molecule has 4 heterocycles. The van der Waals surface area contributed by atoms with E-state index in [4.69, 9.17) is 10.5 Å². The number of nitrogens with two attached hydrogens (primary N) is 1. The van der Waals surface area contributed by atoms with Crippen molar-refractivity contribution < 1.29 is 50.6 Å². The Labute approximate surface area is 294 Å². The number of amides is 2. The number of benzene rings is 1. The number of aryl methyl sites for hydroxylation is 1. The third kappa shape index (κ3) is 8.01. The van der Waals surface area contributed by atoms with Gasteiger partial charge in [-0.1, -0.05) is 37.6 Å². The Hall–Kier alpha value is -4.18. The van der Waals surface area contributed by atoms with Crippen molar-refractivity contribution in [3.63, 3.8) is 0 Å². The highest BCUT2D eigenvalue weighted by Crippen LogP contribution is 2.44. The lowest BCUT2D eigenvalue weighted by molar-refractivity contribution is -0.161. The Morgan fingerprint density at radius 2 is 1.75 bits per heavy atom. The smallest absolute Gasteiger partial charge is 0.425 e. The van der Waals surface area contributed by atoms with Gasteiger partial charge >= 0.3 is 18.3 Å². The molecule has 2 aromatic heterocycles. The number of pyridine rings is 1. The van der Waals surface area contributed by atoms with E-state index in [0.717, 1.165) is 35.0 Å². The van der Waals surface area contributed by atoms with Gasteiger partial charge in [0, 0.05) is 61.9 Å². The van der Waals surface area contributed by atoms with E-state index in [1.165, 1.54) is 9.80 Å². The van der Waals surface area contributed by atoms with Gasteiger partial charge in [0.1, 0.15) is 10.6 Å². The van der Waals surface area contributed by atoms with E-state index in [-0.39, 0.29) is 70.3 Å². The van der Waals surface area contributed by atoms with Crippen molar-refractivity contribution in [2.75, 3.05) is 19.6 Å². The number of carbonyl (C=O) groups is 3. The number of alkyl halides is 6. The van der Waals surface area contributed by atoms with Crippen LogP contribution in [0.25, 0.3) is 0 Å². The maximum absolute atomic E-state index is 14.8. The summed E-state index contributed by atoms with van der Waals surface area (Å²) in [4.78, 5) is 45.6. The molecule has 16 heteroatoms. The largest absolute Gasteiger partial charge is 0.481 e. The summed E-state index contributed by atoms with van der Waals surface area (Å²) in [5.74, 6) is -2.84. The average molecular weight is 741 g/mol. The molecule has 0 unspecified atom stereocenters. The molecule has 276 valence electrons. The second-order valence-corrected chi connectivity index (χ2v) is 13.9. The van der Waals surface area contributed by atoms with Crippen molar-refractivity contribution in [3.05, 3.63) is 81.3 Å². The van der Waals surface area contributed by atoms with Crippen LogP contribution in [0.1, 0.15) is 83.8 Å². The van der Waals surface area contributed by atoms with E-state index in [9.17, 15) is 45.8 Å². The number of hydrogen-bond acceptors (Lipinski definition) is 7. The highest BCUT2D eigenvalue weighted by Gasteiger charge is 2.56. The quantitative estimate of drug-likeness (QED) is 0.217. The van der Waals surface area contributed by atoms with Crippen LogP contribution in [0.5, 0.6) is 5.75 Å². The zero-order valence-corrected chi connectivity index (χ0v) is 28.5. The van der Waals surface area contributed by atoms with Crippen molar-refractivity contribution in [3.8, 4) is 5.75 Å². The number of rotatable bonds is 10. The minimum atomic E-state index is -4.88. The van der Waals surface area contributed by atoms with Crippen molar-refractivity contribution in [2.45, 2.75) is 87.8 Å². The van der Waals surface area contributed by atoms with Crippen molar-refractivity contribution >= 4 is 29.1 Å². The number of ether oxygens (including phenoxy) is 1. The van der Waals surface area contributed by atoms with E-state index >= 15 is 0 Å². The molecule has 2 fully saturated rings. The Kier molecular flexibility index (Phi) is 11.1. The van der Waals surface area contributed by atoms with Crippen LogP contribution in [0, 0.1) is 0 Å². The molecule has 2 atom stereocenters. The molecule has 3 N–H and O–H groups in total. The van der Waals surface area contributed by atoms with Crippen LogP contribution in [0.4, 0.5) is 26.3 Å². The fourth-order valence-electron chi connectivity index (χ4n) is 7.21. The molecule has 5 rings (SSSR count). The molecule has 2 aliphatic rings. The molecule has 2 saturated heterocycles. The molecule has 3 aromatic rings. The molecule has 2 amide bonds. The maximum atomic E-state index is 14.8. The van der Waals surface area contributed by atoms with Crippen molar-refractivity contribution in [2.24, 2.45) is 5.73 Å². The van der Waals surface area contributed by atoms with Gasteiger partial charge in [-0.15, -0.1) is 11.3 Å². The summed E-state index contributed by atoms with van der Waals surface area (Å²) in [6.45, 7) is 1.93. The summed E-state index contributed by atoms with van der Waals surface area (Å²) < 4.78 is 89.2. The fourth-order valence-corrected chi connectivity index (χ4v) is 7.89. The number of nitrogens with zero attached hydrogens (tertiary/aromatic N) is 3. The second-order valence-electron chi connectivity index (χ2n) is 13.0. The van der Waals surface area contributed by atoms with Gasteiger partial charge in [-0.3, -0.25) is 19.4 Å². The Bertz CT molecular complexity index is 1740. The predicted molar refractivity (Wildman–Crippen MR) is 175 cm³/mol. The third-order valence-electron chi connectivity index (χ3n) is 9.66. The van der Waals surface area contributed by atoms with Gasteiger partial charge in [0.05, 0.1) is 17.2 Å². The summed E-state index contributed by atoms with van der Waals surface area (Å²) in [6.07, 6.45) is -6.62. The number of hydrogen-bond donors (Lipinski definition) is 2. The summed E-state index contributed by atoms with van der Waals surface area (Å²) in [7, 11) is 0. The van der Waals surface area contributed by atoms with Gasteiger partial charge in [0.25, 0.3) is 11.8 Å². The van der Waals surface area contributed by atoms with Crippen LogP contribution >= 0.6 is 11.3 Å². The first-order chi connectivity index (χ1) is 24.0. The van der Waals surface area contributed by atoms with Crippen molar-refractivity contribution in [1.82, 2.24) is 14.8 Å². The van der Waals surface area contributed by atoms with Crippen LogP contribution < -0.4 is 10.5 Å². The van der Waals surface area contributed by atoms with E-state index in [0.29, 0.717) is 23.8 Å². The van der Waals surface area contributed by atoms with Crippen molar-refractivity contribution in [1.29, 1.82) is 0 Å². The first-order valence-corrected chi connectivity index (χ1v) is 17.4. The summed E-state index contributed by atoms with van der Waals surface area (Å²) in [5.41, 5.74) is 3.63. The number of aliphatic carboxylic acids is 1. The molecule has 0 bridgehead atoms. The average Bonchev–Trinajstić information content (AvgIpc) is 3.57. The molecule has 1 aromatic carbocycles. The number of carboxylic acid groups (broad SMARTS) is 1. The molecule has 0 saturated carbocycles. The molecular formula is C35H38F6N4O5S. The maximum Gasteiger partial charge on any atom is 0.425 e. The minimum Gasteiger partial charge on any atom is -0.481 e. The zero-order valence-electron chi connectivity index (χ0n) is 27.7. The van der Waals surface area contributed by atoms with Crippen LogP contribution in [0.2, 0.25) is 0 Å². The SMILES string of the molecule is CCC[C@H]1N(C(=O)c2cnccc2C(F)(F)F)CCC[C@@]1(Oc1csc(C(F)(F)F)c1)C(=O)N1CCC(N)(c2ccccc2CCC(=O)O)CC1. The lowest BCUT2D eigenvalue weighted by Crippen LogP contribution is -2.69. The van der Waals surface area contributed by atoms with Crippen LogP contribution in [-0.2, 0) is 33.9 Å². The van der Waals surface area contributed by atoms with Gasteiger partial charge < -0.3 is 25.4 Å². The fraction of sp³-hybridized carbons (Fsp3) is 0.486. The highest BCUT2D eigenvalue weighted by molar-refractivity contribution is 7.10. The van der Waals surface area contributed by atoms with Gasteiger partial charge in [-0.05, 0) is 49.3 Å². The topological polar surface area (TPSA) is 126 Å². The standard InChI is InChI=1S/C35H38F6N4O5S/c1-2-6-27-33(50-23-19-28(51-21-23)35(39,40)41,12-5-16-45(27)30(48)24-20-43-15-11-26(24)34(36,37)38)31(49)44-17-13-32(42,14-18-44)25-8-4-3-7-22(25)9-10-29(46)47/h3-4,7-8,11,15,19-21,27H,2,5-6,9-10,12-14,16-18,42H2,1H3,(H,46,47)/t27-,33+/m1/s1. The Morgan fingerprint density at radius 1 is 1.04 bits per heavy atom. The number of carboxylic acids is 1. The number of halogens is 6. The number of piperidine rings is 2. The zero-order chi connectivity index (χ0) is 37.2. The first-order valence-electron chi connectivity index (χ1n) is 16.6. The molecule has 2 aliphatic heterocycles. The minimum absolute atomic E-state index is 0.0149. The number of thiophene rings is 1. The van der Waals surface area contributed by atoms with Gasteiger partial charge in [0.15, 0.2) is 0 Å². The normalized spacial score (nSPS) is 21.0. The van der Waals surface area contributed by atoms with Gasteiger partial charge in [-0.25, -0.2) is 0 Å². The van der Waals surface area contributed by atoms with E-state index in [1.807, 2.05) is 6.07 Å². The number of likely N-dealkylation sites (tertiary alicyclic amines) is 2. The van der Waals surface area contributed by atoms with Gasteiger partial charge in [0.2, 0.25) is 5.60 Å². The summed E-state index contributed by atoms with van der Waals surface area (Å²) in [6, 6.07) is 7.53. The number of carbonyl (C=O) groups excluding carboxylic acids is 2. The molecule has 51 heavy (non-hydrogen) atoms. The molecule has 0 radical (unpaired) electrons. The molecule has 0 spiro atoms. The van der Waals surface area contributed by atoms with Crippen LogP contribution in [0.15, 0.2) is 54.2 Å². The summed E-state index contributed by atoms with van der Waals surface area (Å²) in [5, 5.41) is 10.4.